The zero-order valence-corrected chi connectivity index (χ0v) is 5.44. The van der Waals surface area contributed by atoms with E-state index in [1.807, 2.05) is 0 Å². The van der Waals surface area contributed by atoms with Gasteiger partial charge in [0, 0.05) is 0 Å². The SMILES string of the molecule is CCCN.Cl.Cl. The highest BCUT2D eigenvalue weighted by atomic mass is 35.5. The smallest absolute Gasteiger partial charge is 0.00799 e. The first-order chi connectivity index (χ1) is 1.91. The molecule has 0 atom stereocenters. The van der Waals surface area contributed by atoms with E-state index in [1.54, 1.807) is 0 Å². The normalized spacial score (nSPS) is 5.00. The van der Waals surface area contributed by atoms with Gasteiger partial charge in [0.25, 0.3) is 0 Å². The van der Waals surface area contributed by atoms with Crippen LogP contribution in [-0.4, -0.2) is 6.54 Å². The highest BCUT2D eigenvalue weighted by Crippen LogP contribution is 1.57. The van der Waals surface area contributed by atoms with Crippen LogP contribution in [0.1, 0.15) is 13.3 Å². The van der Waals surface area contributed by atoms with Crippen molar-refractivity contribution in [3.8, 4) is 0 Å². The third-order valence-electron chi connectivity index (χ3n) is 0.289. The molecular weight excluding hydrogens is 121 g/mol. The van der Waals surface area contributed by atoms with Crippen LogP contribution in [0.15, 0.2) is 0 Å². The Morgan fingerprint density at radius 1 is 1.33 bits per heavy atom. The zero-order chi connectivity index (χ0) is 3.41. The molecule has 0 amide bonds. The van der Waals surface area contributed by atoms with Crippen molar-refractivity contribution in [2.45, 2.75) is 13.3 Å². The summed E-state index contributed by atoms with van der Waals surface area (Å²) in [4.78, 5) is 0. The maximum Gasteiger partial charge on any atom is -0.00799 e. The third kappa shape index (κ3) is 24.0. The van der Waals surface area contributed by atoms with E-state index in [9.17, 15) is 0 Å². The fraction of sp³-hybridized carbons (Fsp3) is 1.00. The quantitative estimate of drug-likeness (QED) is 0.569. The van der Waals surface area contributed by atoms with Gasteiger partial charge in [0.2, 0.25) is 0 Å². The van der Waals surface area contributed by atoms with Gasteiger partial charge in [0.1, 0.15) is 0 Å². The Bertz CT molecular complexity index is 10.8. The average Bonchev–Trinajstić information content (AvgIpc) is 1.37. The van der Waals surface area contributed by atoms with Gasteiger partial charge < -0.3 is 5.73 Å². The van der Waals surface area contributed by atoms with E-state index >= 15 is 0 Å². The van der Waals surface area contributed by atoms with Crippen LogP contribution in [0, 0.1) is 0 Å². The van der Waals surface area contributed by atoms with Crippen LogP contribution in [0.2, 0.25) is 0 Å². The van der Waals surface area contributed by atoms with Gasteiger partial charge in [0.05, 0.1) is 0 Å². The van der Waals surface area contributed by atoms with Gasteiger partial charge in [-0.1, -0.05) is 6.92 Å². The standard InChI is InChI=1S/C3H9N.2ClH/c1-2-3-4;;/h2-4H2,1H3;2*1H. The highest BCUT2D eigenvalue weighted by Gasteiger charge is 1.55. The van der Waals surface area contributed by atoms with E-state index in [4.69, 9.17) is 5.73 Å². The molecule has 1 nitrogen and oxygen atoms in total. The summed E-state index contributed by atoms with van der Waals surface area (Å²) < 4.78 is 0. The summed E-state index contributed by atoms with van der Waals surface area (Å²) in [6.07, 6.45) is 1.10. The average molecular weight is 132 g/mol. The maximum atomic E-state index is 5.03. The van der Waals surface area contributed by atoms with Crippen molar-refractivity contribution in [2.24, 2.45) is 5.73 Å². The first-order valence-electron chi connectivity index (χ1n) is 1.62. The van der Waals surface area contributed by atoms with Gasteiger partial charge in [-0.05, 0) is 13.0 Å². The van der Waals surface area contributed by atoms with Gasteiger partial charge in [-0.25, -0.2) is 0 Å². The molecule has 42 valence electrons. The van der Waals surface area contributed by atoms with E-state index in [0.29, 0.717) is 0 Å². The van der Waals surface area contributed by atoms with E-state index in [2.05, 4.69) is 6.92 Å². The summed E-state index contributed by atoms with van der Waals surface area (Å²) in [5.41, 5.74) is 5.03. The summed E-state index contributed by atoms with van der Waals surface area (Å²) in [5, 5.41) is 0. The summed E-state index contributed by atoms with van der Waals surface area (Å²) in [6.45, 7) is 2.88. The number of hydrogen-bond donors (Lipinski definition) is 1. The lowest BCUT2D eigenvalue weighted by molar-refractivity contribution is 0.932. The number of halogens is 2. The van der Waals surface area contributed by atoms with Crippen molar-refractivity contribution in [1.82, 2.24) is 0 Å². The van der Waals surface area contributed by atoms with Crippen LogP contribution in [0.3, 0.4) is 0 Å². The van der Waals surface area contributed by atoms with Crippen molar-refractivity contribution in [3.63, 3.8) is 0 Å². The van der Waals surface area contributed by atoms with E-state index in [-0.39, 0.29) is 24.8 Å². The van der Waals surface area contributed by atoms with Crippen molar-refractivity contribution in [3.05, 3.63) is 0 Å². The van der Waals surface area contributed by atoms with Crippen LogP contribution in [0.4, 0.5) is 0 Å². The van der Waals surface area contributed by atoms with Crippen LogP contribution in [0.25, 0.3) is 0 Å². The van der Waals surface area contributed by atoms with Gasteiger partial charge in [-0.3, -0.25) is 0 Å². The number of rotatable bonds is 1. The molecule has 0 saturated heterocycles. The fourth-order valence-corrected chi connectivity index (χ4v) is 0. The minimum Gasteiger partial charge on any atom is -0.330 e. The second-order valence-electron chi connectivity index (χ2n) is 0.789. The summed E-state index contributed by atoms with van der Waals surface area (Å²) >= 11 is 0. The monoisotopic (exact) mass is 131 g/mol. The van der Waals surface area contributed by atoms with E-state index in [1.165, 1.54) is 0 Å². The molecule has 0 aromatic carbocycles. The molecule has 2 N–H and O–H groups in total. The molecule has 0 heterocycles. The second kappa shape index (κ2) is 17.7. The predicted molar refractivity (Wildman–Crippen MR) is 33.8 cm³/mol. The first-order valence-corrected chi connectivity index (χ1v) is 1.62. The Morgan fingerprint density at radius 3 is 1.50 bits per heavy atom. The molecule has 0 aromatic heterocycles. The summed E-state index contributed by atoms with van der Waals surface area (Å²) in [5.74, 6) is 0. The van der Waals surface area contributed by atoms with E-state index in [0.717, 1.165) is 13.0 Å². The number of nitrogens with two attached hydrogens (primary N) is 1. The van der Waals surface area contributed by atoms with Crippen molar-refractivity contribution < 1.29 is 0 Å². The lowest BCUT2D eigenvalue weighted by Crippen LogP contribution is -1.93. The first kappa shape index (κ1) is 16.0. The number of hydrogen-bond acceptors (Lipinski definition) is 1. The van der Waals surface area contributed by atoms with Crippen molar-refractivity contribution in [2.75, 3.05) is 6.54 Å². The summed E-state index contributed by atoms with van der Waals surface area (Å²) in [7, 11) is 0. The third-order valence-corrected chi connectivity index (χ3v) is 0.289. The molecule has 0 bridgehead atoms. The Morgan fingerprint density at radius 2 is 1.50 bits per heavy atom. The van der Waals surface area contributed by atoms with Gasteiger partial charge in [-0.2, -0.15) is 0 Å². The van der Waals surface area contributed by atoms with Crippen molar-refractivity contribution in [1.29, 1.82) is 0 Å². The molecule has 0 aliphatic rings. The molecule has 0 saturated carbocycles. The largest absolute Gasteiger partial charge is 0.330 e. The van der Waals surface area contributed by atoms with Crippen LogP contribution < -0.4 is 5.73 Å². The van der Waals surface area contributed by atoms with Crippen LogP contribution >= 0.6 is 24.8 Å². The predicted octanol–water partition coefficient (Wildman–Crippen LogP) is 1.20. The Labute approximate surface area is 51.1 Å². The molecular formula is C3H11Cl2N. The Balaban J connectivity index is -0.0000000450. The van der Waals surface area contributed by atoms with Crippen LogP contribution in [0.5, 0.6) is 0 Å². The molecule has 0 spiro atoms. The molecule has 0 fully saturated rings. The molecule has 6 heavy (non-hydrogen) atoms. The fourth-order valence-electron chi connectivity index (χ4n) is 0. The maximum absolute atomic E-state index is 5.03. The lowest BCUT2D eigenvalue weighted by atomic mass is 10.5. The molecule has 0 radical (unpaired) electrons. The topological polar surface area (TPSA) is 26.0 Å². The minimum atomic E-state index is 0. The highest BCUT2D eigenvalue weighted by molar-refractivity contribution is 5.85. The zero-order valence-electron chi connectivity index (χ0n) is 3.81. The van der Waals surface area contributed by atoms with Crippen LogP contribution in [-0.2, 0) is 0 Å². The van der Waals surface area contributed by atoms with Gasteiger partial charge >= 0.3 is 0 Å². The molecule has 0 unspecified atom stereocenters. The van der Waals surface area contributed by atoms with Gasteiger partial charge in [-0.15, -0.1) is 24.8 Å². The molecule has 0 rings (SSSR count). The van der Waals surface area contributed by atoms with Crippen molar-refractivity contribution >= 4 is 24.8 Å². The lowest BCUT2D eigenvalue weighted by Gasteiger charge is -1.70. The van der Waals surface area contributed by atoms with Gasteiger partial charge in [0.15, 0.2) is 0 Å². The molecule has 0 aliphatic heterocycles. The molecule has 0 aliphatic carbocycles. The minimum absolute atomic E-state index is 0. The second-order valence-corrected chi connectivity index (χ2v) is 0.789. The summed E-state index contributed by atoms with van der Waals surface area (Å²) in [6, 6.07) is 0. The molecule has 3 heteroatoms. The Kier molecular flexibility index (Phi) is 47.2. The Hall–Kier alpha value is 0.540. The van der Waals surface area contributed by atoms with E-state index < -0.39 is 0 Å². The molecule has 0 aromatic rings.